The van der Waals surface area contributed by atoms with Gasteiger partial charge in [0, 0.05) is 16.8 Å². The number of hydrogen-bond acceptors (Lipinski definition) is 3. The Morgan fingerprint density at radius 3 is 2.35 bits per heavy atom. The minimum atomic E-state index is -0.450. The summed E-state index contributed by atoms with van der Waals surface area (Å²) in [6.07, 6.45) is 3.76. The Hall–Kier alpha value is -2.82. The van der Waals surface area contributed by atoms with Crippen LogP contribution in [-0.4, -0.2) is 23.2 Å². The first-order valence-corrected chi connectivity index (χ1v) is 11.1. The van der Waals surface area contributed by atoms with Crippen molar-refractivity contribution in [1.82, 2.24) is 0 Å². The highest BCUT2D eigenvalue weighted by Gasteiger charge is 2.21. The van der Waals surface area contributed by atoms with Gasteiger partial charge in [-0.3, -0.25) is 4.79 Å². The van der Waals surface area contributed by atoms with E-state index in [1.165, 1.54) is 0 Å². The number of amides is 1. The second kappa shape index (κ2) is 9.54. The fraction of sp³-hybridized carbons (Fsp3) is 0.269. The van der Waals surface area contributed by atoms with Gasteiger partial charge in [-0.2, -0.15) is 0 Å². The van der Waals surface area contributed by atoms with E-state index in [1.54, 1.807) is 6.07 Å². The molecule has 0 unspecified atom stereocenters. The van der Waals surface area contributed by atoms with Crippen molar-refractivity contribution >= 4 is 23.2 Å². The summed E-state index contributed by atoms with van der Waals surface area (Å²) in [4.78, 5) is 12.0. The molecule has 0 bridgehead atoms. The van der Waals surface area contributed by atoms with Gasteiger partial charge in [-0.05, 0) is 72.6 Å². The van der Waals surface area contributed by atoms with Gasteiger partial charge in [-0.15, -0.1) is 0 Å². The molecule has 0 spiro atoms. The normalized spacial score (nSPS) is 18.5. The molecular weight excluding hydrogens is 408 g/mol. The zero-order valence-electron chi connectivity index (χ0n) is 17.4. The molecule has 4 nitrogen and oxygen atoms in total. The van der Waals surface area contributed by atoms with Crippen molar-refractivity contribution in [3.05, 3.63) is 88.4 Å². The maximum Gasteiger partial charge on any atom is 0.250 e. The molecule has 1 fully saturated rings. The van der Waals surface area contributed by atoms with E-state index in [2.05, 4.69) is 17.4 Å². The van der Waals surface area contributed by atoms with Gasteiger partial charge in [0.2, 0.25) is 0 Å². The molecule has 1 amide bonds. The van der Waals surface area contributed by atoms with Gasteiger partial charge in [0.25, 0.3) is 5.91 Å². The number of halogens is 1. The van der Waals surface area contributed by atoms with Crippen molar-refractivity contribution in [3.63, 3.8) is 0 Å². The highest BCUT2D eigenvalue weighted by Crippen LogP contribution is 2.32. The molecule has 0 atom stereocenters. The number of hydrogen-bond donors (Lipinski definition) is 3. The van der Waals surface area contributed by atoms with Crippen LogP contribution < -0.4 is 11.1 Å². The molecule has 3 aromatic carbocycles. The number of aliphatic hydroxyl groups is 1. The summed E-state index contributed by atoms with van der Waals surface area (Å²) in [5.74, 6) is -0.450. The molecule has 0 saturated heterocycles. The zero-order valence-corrected chi connectivity index (χ0v) is 18.1. The zero-order chi connectivity index (χ0) is 21.8. The van der Waals surface area contributed by atoms with E-state index < -0.39 is 5.91 Å². The van der Waals surface area contributed by atoms with Crippen LogP contribution in [0.25, 0.3) is 11.1 Å². The number of carbonyl (C=O) groups is 1. The monoisotopic (exact) mass is 434 g/mol. The van der Waals surface area contributed by atoms with Crippen molar-refractivity contribution in [1.29, 1.82) is 0 Å². The number of nitrogens with two attached hydrogens (primary N) is 1. The van der Waals surface area contributed by atoms with E-state index in [9.17, 15) is 9.90 Å². The molecule has 3 aromatic rings. The number of carbonyl (C=O) groups excluding carboxylic acids is 1. The van der Waals surface area contributed by atoms with Crippen LogP contribution in [0.3, 0.4) is 0 Å². The predicted molar refractivity (Wildman–Crippen MR) is 127 cm³/mol. The van der Waals surface area contributed by atoms with Crippen LogP contribution in [0.15, 0.2) is 66.7 Å². The largest absolute Gasteiger partial charge is 0.393 e. The third-order valence-electron chi connectivity index (χ3n) is 6.01. The predicted octanol–water partition coefficient (Wildman–Crippen LogP) is 5.41. The SMILES string of the molecule is NC(=O)c1ccc(-c2ccccc2Cc2ccccc2Cl)cc1NC1CCC(O)CC1. The van der Waals surface area contributed by atoms with E-state index in [4.69, 9.17) is 17.3 Å². The van der Waals surface area contributed by atoms with Crippen LogP contribution in [0.5, 0.6) is 0 Å². The Morgan fingerprint density at radius 2 is 1.65 bits per heavy atom. The van der Waals surface area contributed by atoms with Crippen LogP contribution in [0, 0.1) is 0 Å². The van der Waals surface area contributed by atoms with Crippen LogP contribution in [0.1, 0.15) is 47.2 Å². The van der Waals surface area contributed by atoms with Gasteiger partial charge < -0.3 is 16.2 Å². The molecule has 0 aromatic heterocycles. The van der Waals surface area contributed by atoms with E-state index in [0.717, 1.165) is 65.1 Å². The van der Waals surface area contributed by atoms with Crippen LogP contribution in [0.4, 0.5) is 5.69 Å². The number of anilines is 1. The molecule has 5 heteroatoms. The number of benzene rings is 3. The second-order valence-corrected chi connectivity index (χ2v) is 8.61. The quantitative estimate of drug-likeness (QED) is 0.485. The lowest BCUT2D eigenvalue weighted by atomic mass is 9.91. The standard InChI is InChI=1S/C26H27ClN2O2/c27-24-8-4-2-6-19(24)15-17-5-1-3-7-22(17)18-9-14-23(26(28)31)25(16-18)29-20-10-12-21(30)13-11-20/h1-9,14,16,20-21,29-30H,10-13,15H2,(H2,28,31). The number of rotatable bonds is 6. The highest BCUT2D eigenvalue weighted by atomic mass is 35.5. The van der Waals surface area contributed by atoms with Crippen LogP contribution in [-0.2, 0) is 6.42 Å². The lowest BCUT2D eigenvalue weighted by molar-refractivity contribution is 0.100. The summed E-state index contributed by atoms with van der Waals surface area (Å²) < 4.78 is 0. The second-order valence-electron chi connectivity index (χ2n) is 8.20. The Balaban J connectivity index is 1.67. The van der Waals surface area contributed by atoms with Crippen molar-refractivity contribution in [2.24, 2.45) is 5.73 Å². The first-order chi connectivity index (χ1) is 15.0. The maximum absolute atomic E-state index is 12.0. The average Bonchev–Trinajstić information content (AvgIpc) is 2.77. The molecule has 1 aliphatic rings. The average molecular weight is 435 g/mol. The lowest BCUT2D eigenvalue weighted by Crippen LogP contribution is -2.29. The number of aliphatic hydroxyl groups excluding tert-OH is 1. The first kappa shape index (κ1) is 21.4. The Labute approximate surface area is 188 Å². The first-order valence-electron chi connectivity index (χ1n) is 10.7. The minimum Gasteiger partial charge on any atom is -0.393 e. The Bertz CT molecular complexity index is 1070. The van der Waals surface area contributed by atoms with Gasteiger partial charge >= 0.3 is 0 Å². The summed E-state index contributed by atoms with van der Waals surface area (Å²) >= 11 is 6.39. The van der Waals surface area contributed by atoms with Crippen molar-refractivity contribution in [2.75, 3.05) is 5.32 Å². The summed E-state index contributed by atoms with van der Waals surface area (Å²) in [5.41, 5.74) is 11.2. The molecule has 160 valence electrons. The van der Waals surface area contributed by atoms with Gasteiger partial charge in [0.1, 0.15) is 0 Å². The van der Waals surface area contributed by atoms with E-state index in [1.807, 2.05) is 48.5 Å². The fourth-order valence-corrected chi connectivity index (χ4v) is 4.49. The molecular formula is C26H27ClN2O2. The van der Waals surface area contributed by atoms with Crippen molar-refractivity contribution in [2.45, 2.75) is 44.2 Å². The summed E-state index contributed by atoms with van der Waals surface area (Å²) in [6, 6.07) is 22.1. The third kappa shape index (κ3) is 5.09. The minimum absolute atomic E-state index is 0.218. The number of primary amides is 1. The molecule has 1 saturated carbocycles. The number of nitrogens with one attached hydrogen (secondary N) is 1. The molecule has 0 radical (unpaired) electrons. The van der Waals surface area contributed by atoms with Gasteiger partial charge in [-0.25, -0.2) is 0 Å². The Kier molecular flexibility index (Phi) is 6.59. The van der Waals surface area contributed by atoms with Crippen LogP contribution in [0.2, 0.25) is 5.02 Å². The van der Waals surface area contributed by atoms with Gasteiger partial charge in [0.15, 0.2) is 0 Å². The molecule has 0 aliphatic heterocycles. The van der Waals surface area contributed by atoms with E-state index in [-0.39, 0.29) is 12.1 Å². The summed E-state index contributed by atoms with van der Waals surface area (Å²) in [5, 5.41) is 14.0. The summed E-state index contributed by atoms with van der Waals surface area (Å²) in [7, 11) is 0. The molecule has 4 rings (SSSR count). The third-order valence-corrected chi connectivity index (χ3v) is 6.38. The molecule has 31 heavy (non-hydrogen) atoms. The topological polar surface area (TPSA) is 75.4 Å². The molecule has 4 N–H and O–H groups in total. The summed E-state index contributed by atoms with van der Waals surface area (Å²) in [6.45, 7) is 0. The Morgan fingerprint density at radius 1 is 0.968 bits per heavy atom. The highest BCUT2D eigenvalue weighted by molar-refractivity contribution is 6.31. The maximum atomic E-state index is 12.0. The van der Waals surface area contributed by atoms with Gasteiger partial charge in [-0.1, -0.05) is 60.1 Å². The van der Waals surface area contributed by atoms with Gasteiger partial charge in [0.05, 0.1) is 11.7 Å². The van der Waals surface area contributed by atoms with E-state index >= 15 is 0 Å². The van der Waals surface area contributed by atoms with E-state index in [0.29, 0.717) is 5.56 Å². The molecule has 0 heterocycles. The van der Waals surface area contributed by atoms with Crippen molar-refractivity contribution < 1.29 is 9.90 Å². The lowest BCUT2D eigenvalue weighted by Gasteiger charge is -2.28. The smallest absolute Gasteiger partial charge is 0.250 e. The van der Waals surface area contributed by atoms with Crippen molar-refractivity contribution in [3.8, 4) is 11.1 Å². The fourth-order valence-electron chi connectivity index (χ4n) is 4.29. The van der Waals surface area contributed by atoms with Crippen LogP contribution >= 0.6 is 11.6 Å². The molecule has 1 aliphatic carbocycles.